The van der Waals surface area contributed by atoms with Gasteiger partial charge in [0.05, 0.1) is 34.8 Å². The third kappa shape index (κ3) is 3.09. The summed E-state index contributed by atoms with van der Waals surface area (Å²) in [6.45, 7) is 4.42. The van der Waals surface area contributed by atoms with Crippen molar-refractivity contribution in [3.63, 3.8) is 0 Å². The maximum absolute atomic E-state index is 3.26. The fraction of sp³-hybridized carbons (Fsp3) is 0.250. The summed E-state index contributed by atoms with van der Waals surface area (Å²) in [5.41, 5.74) is 17.5. The molecule has 4 N–H and O–H groups in total. The fourth-order valence-corrected chi connectivity index (χ4v) is 3.01. The van der Waals surface area contributed by atoms with Gasteiger partial charge in [0.2, 0.25) is 0 Å². The van der Waals surface area contributed by atoms with Crippen LogP contribution < -0.4 is 31.9 Å². The fourth-order valence-electron chi connectivity index (χ4n) is 3.01. The summed E-state index contributed by atoms with van der Waals surface area (Å²) in [6.07, 6.45) is 0. The Morgan fingerprint density at radius 2 is 1.04 bits per heavy atom. The molecular formula is C16H20Cu2N6+2. The molecule has 2 aliphatic rings. The monoisotopic (exact) mass is 422 g/mol. The Morgan fingerprint density at radius 3 is 1.46 bits per heavy atom. The molecule has 0 fully saturated rings. The molecular weight excluding hydrogens is 403 g/mol. The predicted octanol–water partition coefficient (Wildman–Crippen LogP) is 2.46. The van der Waals surface area contributed by atoms with E-state index in [-0.39, 0.29) is 46.2 Å². The molecule has 2 aliphatic heterocycles. The molecule has 0 aromatic heterocycles. The standard InChI is InChI=1S/C16H20N6.2Cu/c1-11(21-15-9-5-3-7-13(15)17-19-21)12(2)22-16-10-6-4-8-14(16)18-20-22;;/h3-12,17-20H,1-2H3;;/q;2*+1. The molecule has 24 heavy (non-hydrogen) atoms. The van der Waals surface area contributed by atoms with Crippen LogP contribution in [0.25, 0.3) is 0 Å². The molecule has 134 valence electrons. The van der Waals surface area contributed by atoms with E-state index in [0.717, 1.165) is 11.4 Å². The topological polar surface area (TPSA) is 54.6 Å². The van der Waals surface area contributed by atoms with E-state index in [1.165, 1.54) is 11.4 Å². The maximum Gasteiger partial charge on any atom is 1.00 e. The maximum atomic E-state index is 3.26. The van der Waals surface area contributed by atoms with Crippen LogP contribution in [0.3, 0.4) is 0 Å². The first kappa shape index (κ1) is 18.9. The van der Waals surface area contributed by atoms with E-state index in [2.05, 4.69) is 82.2 Å². The molecule has 0 spiro atoms. The van der Waals surface area contributed by atoms with Crippen LogP contribution >= 0.6 is 0 Å². The molecule has 2 unspecified atom stereocenters. The van der Waals surface area contributed by atoms with E-state index in [9.17, 15) is 0 Å². The van der Waals surface area contributed by atoms with Crippen molar-refractivity contribution in [1.29, 1.82) is 0 Å². The molecule has 2 atom stereocenters. The summed E-state index contributed by atoms with van der Waals surface area (Å²) in [4.78, 5) is 0. The van der Waals surface area contributed by atoms with Gasteiger partial charge in [0.15, 0.2) is 0 Å². The van der Waals surface area contributed by atoms with Gasteiger partial charge in [-0.15, -0.1) is 11.1 Å². The number of nitrogens with one attached hydrogen (secondary N) is 4. The van der Waals surface area contributed by atoms with E-state index < -0.39 is 0 Å². The number of rotatable bonds is 3. The second-order valence-electron chi connectivity index (χ2n) is 5.73. The zero-order valence-corrected chi connectivity index (χ0v) is 15.2. The minimum absolute atomic E-state index is 0. The molecule has 2 aromatic rings. The van der Waals surface area contributed by atoms with Crippen molar-refractivity contribution in [3.8, 4) is 0 Å². The summed E-state index contributed by atoms with van der Waals surface area (Å²) in [5, 5.41) is 4.34. The summed E-state index contributed by atoms with van der Waals surface area (Å²) in [7, 11) is 0. The van der Waals surface area contributed by atoms with Gasteiger partial charge in [0.25, 0.3) is 0 Å². The molecule has 0 bridgehead atoms. The summed E-state index contributed by atoms with van der Waals surface area (Å²) >= 11 is 0. The molecule has 4 rings (SSSR count). The first-order valence-electron chi connectivity index (χ1n) is 7.55. The average Bonchev–Trinajstić information content (AvgIpc) is 3.17. The minimum atomic E-state index is 0. The van der Waals surface area contributed by atoms with Crippen molar-refractivity contribution in [2.24, 2.45) is 0 Å². The van der Waals surface area contributed by atoms with E-state index in [4.69, 9.17) is 0 Å². The number of nitrogens with zero attached hydrogens (tertiary/aromatic N) is 2. The molecule has 0 radical (unpaired) electrons. The van der Waals surface area contributed by atoms with Crippen LogP contribution in [0.4, 0.5) is 22.7 Å². The molecule has 0 saturated carbocycles. The number of hydrazine groups is 4. The van der Waals surface area contributed by atoms with Crippen molar-refractivity contribution in [3.05, 3.63) is 48.5 Å². The normalized spacial score (nSPS) is 16.8. The number of anilines is 4. The van der Waals surface area contributed by atoms with Crippen LogP contribution in [-0.4, -0.2) is 12.1 Å². The Morgan fingerprint density at radius 1 is 0.667 bits per heavy atom. The smallest absolute Gasteiger partial charge is 0.302 e. The Hall–Kier alpha value is -1.40. The van der Waals surface area contributed by atoms with Crippen LogP contribution in [0.2, 0.25) is 0 Å². The summed E-state index contributed by atoms with van der Waals surface area (Å²) in [6, 6.07) is 17.1. The molecule has 2 heterocycles. The van der Waals surface area contributed by atoms with Gasteiger partial charge in [-0.3, -0.25) is 10.0 Å². The third-order valence-electron chi connectivity index (χ3n) is 4.46. The third-order valence-corrected chi connectivity index (χ3v) is 4.46. The largest absolute Gasteiger partial charge is 1.00 e. The molecule has 2 aromatic carbocycles. The molecule has 0 saturated heterocycles. The van der Waals surface area contributed by atoms with Crippen LogP contribution in [0.5, 0.6) is 0 Å². The second kappa shape index (κ2) is 7.66. The van der Waals surface area contributed by atoms with E-state index in [1.54, 1.807) is 0 Å². The SMILES string of the molecule is CC(C(C)N1NNc2ccccc21)N1NNc2ccccc21.[Cu+].[Cu+]. The Labute approximate surface area is 163 Å². The van der Waals surface area contributed by atoms with Gasteiger partial charge in [-0.2, -0.15) is 0 Å². The van der Waals surface area contributed by atoms with Crippen molar-refractivity contribution >= 4 is 22.7 Å². The van der Waals surface area contributed by atoms with Gasteiger partial charge in [0, 0.05) is 0 Å². The van der Waals surface area contributed by atoms with Crippen LogP contribution in [0, 0.1) is 0 Å². The number of para-hydroxylation sites is 4. The minimum Gasteiger partial charge on any atom is -0.302 e. The van der Waals surface area contributed by atoms with Gasteiger partial charge in [-0.1, -0.05) is 24.3 Å². The zero-order valence-electron chi connectivity index (χ0n) is 13.3. The van der Waals surface area contributed by atoms with Crippen molar-refractivity contribution < 1.29 is 34.1 Å². The zero-order chi connectivity index (χ0) is 15.1. The first-order valence-corrected chi connectivity index (χ1v) is 7.55. The summed E-state index contributed by atoms with van der Waals surface area (Å²) < 4.78 is 0. The van der Waals surface area contributed by atoms with Gasteiger partial charge in [0.1, 0.15) is 0 Å². The quantitative estimate of drug-likeness (QED) is 0.570. The Balaban J connectivity index is 0.00000104. The van der Waals surface area contributed by atoms with Crippen molar-refractivity contribution in [1.82, 2.24) is 11.1 Å². The number of benzene rings is 2. The molecule has 0 amide bonds. The number of hydrogen-bond donors (Lipinski definition) is 4. The van der Waals surface area contributed by atoms with Gasteiger partial charge in [-0.25, -0.2) is 0 Å². The van der Waals surface area contributed by atoms with Gasteiger partial charge in [-0.05, 0) is 38.1 Å². The first-order chi connectivity index (χ1) is 10.8. The number of fused-ring (bicyclic) bond motifs is 2. The van der Waals surface area contributed by atoms with Crippen LogP contribution in [-0.2, 0) is 34.1 Å². The van der Waals surface area contributed by atoms with Crippen molar-refractivity contribution in [2.45, 2.75) is 25.9 Å². The van der Waals surface area contributed by atoms with E-state index in [0.29, 0.717) is 0 Å². The number of hydrogen-bond acceptors (Lipinski definition) is 6. The van der Waals surface area contributed by atoms with E-state index >= 15 is 0 Å². The van der Waals surface area contributed by atoms with Crippen LogP contribution in [0.1, 0.15) is 13.8 Å². The summed E-state index contributed by atoms with van der Waals surface area (Å²) in [5.74, 6) is 0. The second-order valence-corrected chi connectivity index (χ2v) is 5.73. The Bertz CT molecular complexity index is 638. The van der Waals surface area contributed by atoms with Gasteiger partial charge < -0.3 is 10.9 Å². The molecule has 6 nitrogen and oxygen atoms in total. The van der Waals surface area contributed by atoms with Crippen molar-refractivity contribution in [2.75, 3.05) is 20.9 Å². The van der Waals surface area contributed by atoms with E-state index in [1.807, 2.05) is 12.1 Å². The average molecular weight is 423 g/mol. The molecule has 8 heteroatoms. The Kier molecular flexibility index (Phi) is 6.04. The molecule has 0 aliphatic carbocycles. The predicted molar refractivity (Wildman–Crippen MR) is 90.3 cm³/mol. The van der Waals surface area contributed by atoms with Gasteiger partial charge >= 0.3 is 34.1 Å². The van der Waals surface area contributed by atoms with Crippen LogP contribution in [0.15, 0.2) is 48.5 Å².